The molecule has 4 heteroatoms. The van der Waals surface area contributed by atoms with E-state index in [9.17, 15) is 0 Å². The van der Waals surface area contributed by atoms with E-state index in [1.165, 1.54) is 0 Å². The van der Waals surface area contributed by atoms with E-state index < -0.39 is 0 Å². The molecule has 0 unspecified atom stereocenters. The van der Waals surface area contributed by atoms with Gasteiger partial charge in [0.05, 0.1) is 5.56 Å². The smallest absolute Gasteiger partial charge is 0.101 e. The summed E-state index contributed by atoms with van der Waals surface area (Å²) in [6.07, 6.45) is 0. The first-order valence-electron chi connectivity index (χ1n) is 3.27. The Morgan fingerprint density at radius 3 is 2.67 bits per heavy atom. The summed E-state index contributed by atoms with van der Waals surface area (Å²) in [7, 11) is 0. The second-order valence-electron chi connectivity index (χ2n) is 2.20. The van der Waals surface area contributed by atoms with Gasteiger partial charge in [-0.1, -0.05) is 15.9 Å². The summed E-state index contributed by atoms with van der Waals surface area (Å²) in [5.41, 5.74) is 7.06. The molecule has 0 amide bonds. The van der Waals surface area contributed by atoms with E-state index in [-0.39, 0.29) is 0 Å². The summed E-state index contributed by atoms with van der Waals surface area (Å²) < 4.78 is 1.85. The molecule has 2 nitrogen and oxygen atoms in total. The molecule has 0 saturated carbocycles. The number of nitrogens with two attached hydrogens (primary N) is 1. The Bertz CT molecular complexity index is 344. The third kappa shape index (κ3) is 1.79. The van der Waals surface area contributed by atoms with Crippen molar-refractivity contribution in [3.05, 3.63) is 31.3 Å². The number of nitriles is 1. The molecule has 0 aliphatic carbocycles. The molecule has 0 radical (unpaired) electrons. The van der Waals surface area contributed by atoms with Crippen LogP contribution < -0.4 is 5.73 Å². The Hall–Kier alpha value is -0.120. The molecule has 12 heavy (non-hydrogen) atoms. The van der Waals surface area contributed by atoms with Gasteiger partial charge in [-0.15, -0.1) is 0 Å². The average Bonchev–Trinajstić information content (AvgIpc) is 2.08. The van der Waals surface area contributed by atoms with E-state index in [1.807, 2.05) is 12.1 Å². The second-order valence-corrected chi connectivity index (χ2v) is 4.22. The fourth-order valence-electron chi connectivity index (χ4n) is 0.914. The maximum Gasteiger partial charge on any atom is 0.101 e. The summed E-state index contributed by atoms with van der Waals surface area (Å²) in [5.74, 6) is 0. The number of hydrogen-bond acceptors (Lipinski definition) is 2. The van der Waals surface area contributed by atoms with Crippen molar-refractivity contribution in [3.8, 4) is 6.07 Å². The maximum absolute atomic E-state index is 8.82. The lowest BCUT2D eigenvalue weighted by Crippen LogP contribution is -2.02. The van der Waals surface area contributed by atoms with Gasteiger partial charge in [0.2, 0.25) is 0 Å². The third-order valence-electron chi connectivity index (χ3n) is 1.52. The minimum absolute atomic E-state index is 0.389. The van der Waals surface area contributed by atoms with Gasteiger partial charge in [0, 0.05) is 14.6 Å². The Morgan fingerprint density at radius 2 is 2.25 bits per heavy atom. The molecule has 2 N–H and O–H groups in total. The van der Waals surface area contributed by atoms with Crippen LogP contribution in [0.15, 0.2) is 16.6 Å². The standard InChI is InChI=1S/C8H6BrIN2/c9-7-1-2-8(10)6(4-12)5(7)3-11/h1-2H,3,11H2. The zero-order valence-corrected chi connectivity index (χ0v) is 9.89. The SMILES string of the molecule is N#Cc1c(I)ccc(Br)c1CN. The normalized spacial score (nSPS) is 9.50. The summed E-state index contributed by atoms with van der Waals surface area (Å²) in [4.78, 5) is 0. The van der Waals surface area contributed by atoms with E-state index in [4.69, 9.17) is 11.0 Å². The van der Waals surface area contributed by atoms with Gasteiger partial charge in [-0.05, 0) is 40.3 Å². The van der Waals surface area contributed by atoms with Crippen molar-refractivity contribution < 1.29 is 0 Å². The van der Waals surface area contributed by atoms with Gasteiger partial charge in [0.15, 0.2) is 0 Å². The highest BCUT2D eigenvalue weighted by atomic mass is 127. The molecule has 1 rings (SSSR count). The Labute approximate surface area is 93.0 Å². The fraction of sp³-hybridized carbons (Fsp3) is 0.125. The van der Waals surface area contributed by atoms with E-state index in [1.54, 1.807) is 0 Å². The highest BCUT2D eigenvalue weighted by Gasteiger charge is 2.07. The molecule has 0 saturated heterocycles. The van der Waals surface area contributed by atoms with Crippen LogP contribution in [0.3, 0.4) is 0 Å². The van der Waals surface area contributed by atoms with Gasteiger partial charge >= 0.3 is 0 Å². The number of halogens is 2. The third-order valence-corrected chi connectivity index (χ3v) is 3.16. The summed E-state index contributed by atoms with van der Waals surface area (Å²) in [6, 6.07) is 5.94. The van der Waals surface area contributed by atoms with Gasteiger partial charge in [0.25, 0.3) is 0 Å². The molecular formula is C8H6BrIN2. The molecule has 0 heterocycles. The first-order chi connectivity index (χ1) is 5.70. The number of hydrogen-bond donors (Lipinski definition) is 1. The van der Waals surface area contributed by atoms with Gasteiger partial charge in [0.1, 0.15) is 6.07 Å². The molecule has 1 aromatic rings. The molecular weight excluding hydrogens is 331 g/mol. The van der Waals surface area contributed by atoms with Crippen LogP contribution in [0.1, 0.15) is 11.1 Å². The molecule has 62 valence electrons. The van der Waals surface area contributed by atoms with Crippen molar-refractivity contribution in [1.82, 2.24) is 0 Å². The minimum Gasteiger partial charge on any atom is -0.326 e. The van der Waals surface area contributed by atoms with Crippen molar-refractivity contribution in [1.29, 1.82) is 5.26 Å². The van der Waals surface area contributed by atoms with Crippen molar-refractivity contribution >= 4 is 38.5 Å². The second kappa shape index (κ2) is 4.21. The fourth-order valence-corrected chi connectivity index (χ4v) is 2.03. The number of benzene rings is 1. The molecule has 0 aliphatic heterocycles. The van der Waals surface area contributed by atoms with Crippen LogP contribution >= 0.6 is 38.5 Å². The van der Waals surface area contributed by atoms with E-state index in [0.29, 0.717) is 12.1 Å². The number of rotatable bonds is 1. The average molecular weight is 337 g/mol. The zero-order chi connectivity index (χ0) is 9.14. The minimum atomic E-state index is 0.389. The van der Waals surface area contributed by atoms with Crippen LogP contribution in [0.5, 0.6) is 0 Å². The van der Waals surface area contributed by atoms with Crippen molar-refractivity contribution in [2.75, 3.05) is 0 Å². The predicted octanol–water partition coefficient (Wildman–Crippen LogP) is 2.38. The Balaban J connectivity index is 3.41. The van der Waals surface area contributed by atoms with E-state index >= 15 is 0 Å². The molecule has 0 atom stereocenters. The Morgan fingerprint density at radius 1 is 1.58 bits per heavy atom. The van der Waals surface area contributed by atoms with Crippen LogP contribution in [0, 0.1) is 14.9 Å². The monoisotopic (exact) mass is 336 g/mol. The van der Waals surface area contributed by atoms with Crippen molar-refractivity contribution in [2.45, 2.75) is 6.54 Å². The summed E-state index contributed by atoms with van der Waals surface area (Å²) >= 11 is 5.47. The molecule has 0 aliphatic rings. The Kier molecular flexibility index (Phi) is 3.50. The van der Waals surface area contributed by atoms with Crippen molar-refractivity contribution in [3.63, 3.8) is 0 Å². The topological polar surface area (TPSA) is 49.8 Å². The lowest BCUT2D eigenvalue weighted by Gasteiger charge is -2.04. The van der Waals surface area contributed by atoms with E-state index in [0.717, 1.165) is 13.6 Å². The highest BCUT2D eigenvalue weighted by Crippen LogP contribution is 2.23. The molecule has 1 aromatic carbocycles. The van der Waals surface area contributed by atoms with Gasteiger partial charge in [-0.25, -0.2) is 0 Å². The van der Waals surface area contributed by atoms with Crippen LogP contribution in [0.2, 0.25) is 0 Å². The van der Waals surface area contributed by atoms with Crippen LogP contribution in [-0.2, 0) is 6.54 Å². The first-order valence-corrected chi connectivity index (χ1v) is 5.15. The lowest BCUT2D eigenvalue weighted by molar-refractivity contribution is 1.05. The molecule has 0 fully saturated rings. The quantitative estimate of drug-likeness (QED) is 0.800. The maximum atomic E-state index is 8.82. The van der Waals surface area contributed by atoms with Crippen LogP contribution in [0.4, 0.5) is 0 Å². The summed E-state index contributed by atoms with van der Waals surface area (Å²) in [6.45, 7) is 0.389. The van der Waals surface area contributed by atoms with Crippen molar-refractivity contribution in [2.24, 2.45) is 5.73 Å². The zero-order valence-electron chi connectivity index (χ0n) is 6.14. The molecule has 0 aromatic heterocycles. The number of nitrogens with zero attached hydrogens (tertiary/aromatic N) is 1. The molecule has 0 spiro atoms. The van der Waals surface area contributed by atoms with Gasteiger partial charge in [-0.2, -0.15) is 5.26 Å². The van der Waals surface area contributed by atoms with Gasteiger partial charge in [-0.3, -0.25) is 0 Å². The molecule has 0 bridgehead atoms. The largest absolute Gasteiger partial charge is 0.326 e. The summed E-state index contributed by atoms with van der Waals surface area (Å²) in [5, 5.41) is 8.82. The highest BCUT2D eigenvalue weighted by molar-refractivity contribution is 14.1. The predicted molar refractivity (Wildman–Crippen MR) is 59.5 cm³/mol. The lowest BCUT2D eigenvalue weighted by atomic mass is 10.1. The van der Waals surface area contributed by atoms with Crippen LogP contribution in [0.25, 0.3) is 0 Å². The van der Waals surface area contributed by atoms with Gasteiger partial charge < -0.3 is 5.73 Å². The first kappa shape index (κ1) is 9.96. The van der Waals surface area contributed by atoms with Crippen LogP contribution in [-0.4, -0.2) is 0 Å². The van der Waals surface area contributed by atoms with E-state index in [2.05, 4.69) is 44.6 Å².